The molecule has 2 amide bonds. The number of aliphatic hydroxyl groups excluding tert-OH is 1. The van der Waals surface area contributed by atoms with E-state index in [0.717, 1.165) is 24.9 Å². The molecule has 0 unspecified atom stereocenters. The number of nitrogens with zero attached hydrogens (tertiary/aromatic N) is 3. The first-order valence-electron chi connectivity index (χ1n) is 12.0. The van der Waals surface area contributed by atoms with Crippen molar-refractivity contribution in [2.75, 3.05) is 32.1 Å². The Bertz CT molecular complexity index is 1010. The number of likely N-dealkylation sites (N-methyl/N-ethyl adjacent to an activating group) is 1. The Morgan fingerprint density at radius 3 is 2.71 bits per heavy atom. The Morgan fingerprint density at radius 2 is 2.03 bits per heavy atom. The van der Waals surface area contributed by atoms with Crippen LogP contribution in [0.2, 0.25) is 0 Å². The van der Waals surface area contributed by atoms with Gasteiger partial charge in [0.05, 0.1) is 18.2 Å². The second-order valence-electron chi connectivity index (χ2n) is 9.65. The van der Waals surface area contributed by atoms with Gasteiger partial charge in [-0.3, -0.25) is 19.5 Å². The summed E-state index contributed by atoms with van der Waals surface area (Å²) in [5.74, 6) is 0.401. The summed E-state index contributed by atoms with van der Waals surface area (Å²) in [6.07, 6.45) is 5.22. The van der Waals surface area contributed by atoms with Crippen LogP contribution in [-0.2, 0) is 11.3 Å². The van der Waals surface area contributed by atoms with Gasteiger partial charge in [0.15, 0.2) is 0 Å². The van der Waals surface area contributed by atoms with E-state index in [1.165, 1.54) is 0 Å². The first-order valence-corrected chi connectivity index (χ1v) is 12.0. The fourth-order valence-electron chi connectivity index (χ4n) is 4.28. The maximum absolute atomic E-state index is 13.5. The molecule has 2 aliphatic rings. The van der Waals surface area contributed by atoms with Crippen molar-refractivity contribution in [2.45, 2.75) is 45.4 Å². The molecule has 2 aromatic rings. The molecule has 8 heteroatoms. The van der Waals surface area contributed by atoms with E-state index in [4.69, 9.17) is 4.74 Å². The van der Waals surface area contributed by atoms with Crippen molar-refractivity contribution in [3.05, 3.63) is 53.9 Å². The lowest BCUT2D eigenvalue weighted by atomic mass is 9.99. The van der Waals surface area contributed by atoms with E-state index in [2.05, 4.69) is 22.1 Å². The molecular weight excluding hydrogens is 432 g/mol. The number of nitrogens with one attached hydrogen (secondary N) is 1. The number of pyridine rings is 1. The second-order valence-corrected chi connectivity index (χ2v) is 9.65. The van der Waals surface area contributed by atoms with Gasteiger partial charge >= 0.3 is 0 Å². The number of aliphatic hydroxyl groups is 1. The Morgan fingerprint density at radius 1 is 1.29 bits per heavy atom. The molecule has 2 heterocycles. The fraction of sp³-hybridized carbons (Fsp3) is 0.500. The summed E-state index contributed by atoms with van der Waals surface area (Å²) in [5, 5.41) is 12.7. The standard InChI is InChI=1S/C26H34N4O4/c1-17-13-30(18(2)16-31)26(33)22-12-21(28-25(32)20-4-5-20)6-7-23(22)34-24(17)15-29(3)14-19-8-10-27-11-9-19/h6-12,17-18,20,24,31H,4-5,13-16H2,1-3H3,(H,28,32)/t17-,18+,24+/m0/s1. The molecule has 1 aromatic carbocycles. The predicted molar refractivity (Wildman–Crippen MR) is 130 cm³/mol. The van der Waals surface area contributed by atoms with Crippen molar-refractivity contribution in [3.8, 4) is 5.75 Å². The molecule has 1 aliphatic heterocycles. The van der Waals surface area contributed by atoms with Crippen molar-refractivity contribution in [3.63, 3.8) is 0 Å². The highest BCUT2D eigenvalue weighted by Crippen LogP contribution is 2.33. The van der Waals surface area contributed by atoms with Gasteiger partial charge in [0.1, 0.15) is 11.9 Å². The summed E-state index contributed by atoms with van der Waals surface area (Å²) in [6, 6.07) is 8.91. The number of rotatable bonds is 8. The zero-order valence-electron chi connectivity index (χ0n) is 20.1. The van der Waals surface area contributed by atoms with Crippen LogP contribution >= 0.6 is 0 Å². The van der Waals surface area contributed by atoms with Crippen molar-refractivity contribution >= 4 is 17.5 Å². The molecule has 0 bridgehead atoms. The Balaban J connectivity index is 1.58. The maximum atomic E-state index is 13.5. The largest absolute Gasteiger partial charge is 0.488 e. The average Bonchev–Trinajstić information content (AvgIpc) is 3.67. The highest BCUT2D eigenvalue weighted by atomic mass is 16.5. The molecule has 1 aromatic heterocycles. The van der Waals surface area contributed by atoms with Gasteiger partial charge in [-0.15, -0.1) is 0 Å². The SMILES string of the molecule is C[C@H](CO)N1C[C@H](C)[C@@H](CN(C)Cc2ccncc2)Oc2ccc(NC(=O)C3CC3)cc2C1=O. The Labute approximate surface area is 200 Å². The van der Waals surface area contributed by atoms with Crippen LogP contribution in [0.1, 0.15) is 42.6 Å². The molecule has 182 valence electrons. The zero-order chi connectivity index (χ0) is 24.2. The van der Waals surface area contributed by atoms with Gasteiger partial charge in [0, 0.05) is 49.6 Å². The number of hydrogen-bond acceptors (Lipinski definition) is 6. The predicted octanol–water partition coefficient (Wildman–Crippen LogP) is 2.78. The van der Waals surface area contributed by atoms with Crippen LogP contribution in [0.5, 0.6) is 5.75 Å². The minimum atomic E-state index is -0.333. The highest BCUT2D eigenvalue weighted by molar-refractivity contribution is 6.00. The summed E-state index contributed by atoms with van der Waals surface area (Å²) >= 11 is 0. The molecule has 34 heavy (non-hydrogen) atoms. The van der Waals surface area contributed by atoms with Crippen molar-refractivity contribution in [1.82, 2.24) is 14.8 Å². The summed E-state index contributed by atoms with van der Waals surface area (Å²) in [7, 11) is 2.05. The van der Waals surface area contributed by atoms with Crippen molar-refractivity contribution < 1.29 is 19.4 Å². The van der Waals surface area contributed by atoms with Crippen LogP contribution in [0.4, 0.5) is 5.69 Å². The molecule has 2 N–H and O–H groups in total. The van der Waals surface area contributed by atoms with Gasteiger partial charge in [-0.05, 0) is 62.7 Å². The molecule has 1 fully saturated rings. The van der Waals surface area contributed by atoms with Gasteiger partial charge in [-0.2, -0.15) is 0 Å². The van der Waals surface area contributed by atoms with Crippen LogP contribution < -0.4 is 10.1 Å². The molecular formula is C26H34N4O4. The van der Waals surface area contributed by atoms with Crippen molar-refractivity contribution in [1.29, 1.82) is 0 Å². The number of hydrogen-bond donors (Lipinski definition) is 2. The highest BCUT2D eigenvalue weighted by Gasteiger charge is 2.34. The van der Waals surface area contributed by atoms with Crippen LogP contribution in [0.3, 0.4) is 0 Å². The van der Waals surface area contributed by atoms with Crippen LogP contribution in [0.25, 0.3) is 0 Å². The molecule has 3 atom stereocenters. The number of aromatic nitrogens is 1. The van der Waals surface area contributed by atoms with E-state index in [1.54, 1.807) is 35.5 Å². The number of benzene rings is 1. The van der Waals surface area contributed by atoms with E-state index in [9.17, 15) is 14.7 Å². The number of amides is 2. The lowest BCUT2D eigenvalue weighted by Crippen LogP contribution is -2.49. The minimum absolute atomic E-state index is 0.0102. The third-order valence-electron chi connectivity index (χ3n) is 6.57. The summed E-state index contributed by atoms with van der Waals surface area (Å²) < 4.78 is 6.43. The third-order valence-corrected chi connectivity index (χ3v) is 6.57. The van der Waals surface area contributed by atoms with Crippen LogP contribution in [0, 0.1) is 11.8 Å². The van der Waals surface area contributed by atoms with Gasteiger partial charge in [-0.1, -0.05) is 6.92 Å². The van der Waals surface area contributed by atoms with E-state index in [0.29, 0.717) is 30.1 Å². The number of ether oxygens (including phenoxy) is 1. The quantitative estimate of drug-likeness (QED) is 0.621. The van der Waals surface area contributed by atoms with Crippen LogP contribution in [0.15, 0.2) is 42.7 Å². The molecule has 8 nitrogen and oxygen atoms in total. The molecule has 0 saturated heterocycles. The van der Waals surface area contributed by atoms with E-state index in [1.807, 2.05) is 26.1 Å². The Kier molecular flexibility index (Phi) is 7.48. The van der Waals surface area contributed by atoms with Crippen molar-refractivity contribution in [2.24, 2.45) is 11.8 Å². The number of carbonyl (C=O) groups excluding carboxylic acids is 2. The zero-order valence-corrected chi connectivity index (χ0v) is 20.1. The van der Waals surface area contributed by atoms with Crippen LogP contribution in [-0.4, -0.2) is 70.6 Å². The first-order chi connectivity index (χ1) is 16.4. The maximum Gasteiger partial charge on any atom is 0.258 e. The fourth-order valence-corrected chi connectivity index (χ4v) is 4.28. The summed E-state index contributed by atoms with van der Waals surface area (Å²) in [4.78, 5) is 33.7. The summed E-state index contributed by atoms with van der Waals surface area (Å²) in [6.45, 7) is 5.68. The van der Waals surface area contributed by atoms with Gasteiger partial charge in [-0.25, -0.2) is 0 Å². The number of anilines is 1. The van der Waals surface area contributed by atoms with Gasteiger partial charge in [0.25, 0.3) is 5.91 Å². The average molecular weight is 467 g/mol. The lowest BCUT2D eigenvalue weighted by molar-refractivity contribution is -0.117. The Hall–Kier alpha value is -2.97. The molecule has 0 radical (unpaired) electrons. The van der Waals surface area contributed by atoms with E-state index < -0.39 is 0 Å². The minimum Gasteiger partial charge on any atom is -0.488 e. The number of fused-ring (bicyclic) bond motifs is 1. The van der Waals surface area contributed by atoms with E-state index in [-0.39, 0.29) is 42.4 Å². The molecule has 4 rings (SSSR count). The normalized spacial score (nSPS) is 21.3. The lowest BCUT2D eigenvalue weighted by Gasteiger charge is -2.38. The molecule has 1 saturated carbocycles. The van der Waals surface area contributed by atoms with Gasteiger partial charge < -0.3 is 20.1 Å². The smallest absolute Gasteiger partial charge is 0.258 e. The summed E-state index contributed by atoms with van der Waals surface area (Å²) in [5.41, 5.74) is 2.16. The van der Waals surface area contributed by atoms with Gasteiger partial charge in [0.2, 0.25) is 5.91 Å². The third kappa shape index (κ3) is 5.74. The monoisotopic (exact) mass is 466 g/mol. The molecule has 0 spiro atoms. The molecule has 1 aliphatic carbocycles. The topological polar surface area (TPSA) is 95.0 Å². The number of carbonyl (C=O) groups is 2. The second kappa shape index (κ2) is 10.5. The van der Waals surface area contributed by atoms with E-state index >= 15 is 0 Å². The first kappa shape index (κ1) is 24.2.